The smallest absolute Gasteiger partial charge is 0.0946 e. The number of piperidine rings is 1. The Hall–Kier alpha value is -1.84. The fourth-order valence-corrected chi connectivity index (χ4v) is 3.67. The number of anilines is 1. The van der Waals surface area contributed by atoms with Crippen LogP contribution < -0.4 is 4.90 Å². The minimum absolute atomic E-state index is 0.232. The summed E-state index contributed by atoms with van der Waals surface area (Å²) in [6, 6.07) is 20.6. The first-order chi connectivity index (χ1) is 11.6. The fraction of sp³-hybridized carbons (Fsp3) is 0.429. The quantitative estimate of drug-likeness (QED) is 0.914. The second-order valence-corrected chi connectivity index (χ2v) is 7.00. The molecule has 0 radical (unpaired) electrons. The van der Waals surface area contributed by atoms with Crippen LogP contribution in [0.5, 0.6) is 0 Å². The lowest BCUT2D eigenvalue weighted by molar-refractivity contribution is -0.0704. The molecule has 2 unspecified atom stereocenters. The largest absolute Gasteiger partial charge is 0.385 e. The van der Waals surface area contributed by atoms with Crippen LogP contribution in [0.4, 0.5) is 5.69 Å². The van der Waals surface area contributed by atoms with E-state index in [1.807, 2.05) is 24.3 Å². The van der Waals surface area contributed by atoms with Crippen molar-refractivity contribution in [1.29, 1.82) is 0 Å². The molecule has 1 heterocycles. The molecule has 128 valence electrons. The van der Waals surface area contributed by atoms with E-state index >= 15 is 0 Å². The number of nitrogens with zero attached hydrogens (tertiary/aromatic N) is 2. The van der Waals surface area contributed by atoms with Crippen LogP contribution in [-0.2, 0) is 5.60 Å². The van der Waals surface area contributed by atoms with Gasteiger partial charge in [0.1, 0.15) is 0 Å². The standard InChI is InChI=1S/C21H28N2O/c1-18-17-23(16-15-22(2)20-11-7-4-8-12-20)14-13-21(18,24)19-9-5-3-6-10-19/h3-12,18,24H,13-17H2,1-2H3. The van der Waals surface area contributed by atoms with Crippen LogP contribution in [0.2, 0.25) is 0 Å². The minimum Gasteiger partial charge on any atom is -0.385 e. The predicted octanol–water partition coefficient (Wildman–Crippen LogP) is 3.35. The molecule has 0 aliphatic carbocycles. The van der Waals surface area contributed by atoms with E-state index in [-0.39, 0.29) is 5.92 Å². The zero-order chi connectivity index (χ0) is 17.0. The lowest BCUT2D eigenvalue weighted by Crippen LogP contribution is -2.50. The molecule has 0 aromatic heterocycles. The Morgan fingerprint density at radius 1 is 1.08 bits per heavy atom. The Morgan fingerprint density at radius 3 is 2.33 bits per heavy atom. The van der Waals surface area contributed by atoms with Gasteiger partial charge < -0.3 is 14.9 Å². The molecule has 3 nitrogen and oxygen atoms in total. The van der Waals surface area contributed by atoms with Gasteiger partial charge in [0.15, 0.2) is 0 Å². The number of aliphatic hydroxyl groups is 1. The van der Waals surface area contributed by atoms with Crippen molar-refractivity contribution in [1.82, 2.24) is 4.90 Å². The summed E-state index contributed by atoms with van der Waals surface area (Å²) in [5, 5.41) is 11.1. The first kappa shape index (κ1) is 17.0. The second-order valence-electron chi connectivity index (χ2n) is 7.00. The molecule has 1 N–H and O–H groups in total. The summed E-state index contributed by atoms with van der Waals surface area (Å²) in [5.41, 5.74) is 1.62. The summed E-state index contributed by atoms with van der Waals surface area (Å²) >= 11 is 0. The van der Waals surface area contributed by atoms with E-state index in [9.17, 15) is 5.11 Å². The van der Waals surface area contributed by atoms with E-state index in [4.69, 9.17) is 0 Å². The van der Waals surface area contributed by atoms with E-state index in [0.717, 1.165) is 38.2 Å². The van der Waals surface area contributed by atoms with Crippen molar-refractivity contribution in [2.45, 2.75) is 18.9 Å². The maximum absolute atomic E-state index is 11.1. The van der Waals surface area contributed by atoms with Crippen molar-refractivity contribution in [3.8, 4) is 0 Å². The zero-order valence-corrected chi connectivity index (χ0v) is 14.7. The molecule has 0 bridgehead atoms. The van der Waals surface area contributed by atoms with Crippen LogP contribution in [0.1, 0.15) is 18.9 Å². The molecule has 2 atom stereocenters. The lowest BCUT2D eigenvalue weighted by atomic mass is 9.77. The van der Waals surface area contributed by atoms with Crippen molar-refractivity contribution in [3.05, 3.63) is 66.2 Å². The molecule has 1 aliphatic heterocycles. The van der Waals surface area contributed by atoms with Crippen LogP contribution in [0.15, 0.2) is 60.7 Å². The number of para-hydroxylation sites is 1. The molecule has 24 heavy (non-hydrogen) atoms. The van der Waals surface area contributed by atoms with Gasteiger partial charge in [-0.05, 0) is 24.1 Å². The van der Waals surface area contributed by atoms with Gasteiger partial charge in [0.2, 0.25) is 0 Å². The SMILES string of the molecule is CC1CN(CCN(C)c2ccccc2)CCC1(O)c1ccccc1. The number of benzene rings is 2. The Kier molecular flexibility index (Phi) is 5.22. The van der Waals surface area contributed by atoms with E-state index < -0.39 is 5.60 Å². The van der Waals surface area contributed by atoms with Gasteiger partial charge in [0.05, 0.1) is 5.60 Å². The van der Waals surface area contributed by atoms with Crippen LogP contribution in [0.25, 0.3) is 0 Å². The van der Waals surface area contributed by atoms with Gasteiger partial charge >= 0.3 is 0 Å². The zero-order valence-electron chi connectivity index (χ0n) is 14.7. The molecule has 0 amide bonds. The molecule has 2 aromatic carbocycles. The molecule has 1 fully saturated rings. The van der Waals surface area contributed by atoms with Gasteiger partial charge in [-0.25, -0.2) is 0 Å². The maximum atomic E-state index is 11.1. The highest BCUT2D eigenvalue weighted by Crippen LogP contribution is 2.37. The number of likely N-dealkylation sites (N-methyl/N-ethyl adjacent to an activating group) is 1. The Bertz CT molecular complexity index is 629. The van der Waals surface area contributed by atoms with Crippen molar-refractivity contribution in [2.75, 3.05) is 38.1 Å². The van der Waals surface area contributed by atoms with Gasteiger partial charge in [0.25, 0.3) is 0 Å². The Labute approximate surface area is 145 Å². The van der Waals surface area contributed by atoms with Crippen LogP contribution in [0.3, 0.4) is 0 Å². The monoisotopic (exact) mass is 324 g/mol. The maximum Gasteiger partial charge on any atom is 0.0946 e. The molecule has 1 aliphatic rings. The third-order valence-electron chi connectivity index (χ3n) is 5.38. The summed E-state index contributed by atoms with van der Waals surface area (Å²) < 4.78 is 0. The summed E-state index contributed by atoms with van der Waals surface area (Å²) in [6.07, 6.45) is 0.799. The molecule has 0 spiro atoms. The molecule has 2 aromatic rings. The summed E-state index contributed by atoms with van der Waals surface area (Å²) in [5.74, 6) is 0.232. The van der Waals surface area contributed by atoms with Gasteiger partial charge in [-0.15, -0.1) is 0 Å². The Balaban J connectivity index is 1.56. The van der Waals surface area contributed by atoms with Gasteiger partial charge in [-0.1, -0.05) is 55.5 Å². The summed E-state index contributed by atoms with van der Waals surface area (Å²) in [6.45, 7) is 6.08. The van der Waals surface area contributed by atoms with E-state index in [1.54, 1.807) is 0 Å². The van der Waals surface area contributed by atoms with Crippen molar-refractivity contribution >= 4 is 5.69 Å². The molecule has 0 saturated carbocycles. The van der Waals surface area contributed by atoms with Crippen molar-refractivity contribution in [2.24, 2.45) is 5.92 Å². The number of rotatable bonds is 5. The number of likely N-dealkylation sites (tertiary alicyclic amines) is 1. The van der Waals surface area contributed by atoms with E-state index in [0.29, 0.717) is 0 Å². The second kappa shape index (κ2) is 7.37. The molecule has 1 saturated heterocycles. The van der Waals surface area contributed by atoms with Gasteiger partial charge in [0, 0.05) is 44.8 Å². The summed E-state index contributed by atoms with van der Waals surface area (Å²) in [4.78, 5) is 4.77. The van der Waals surface area contributed by atoms with Crippen molar-refractivity contribution in [3.63, 3.8) is 0 Å². The van der Waals surface area contributed by atoms with Crippen LogP contribution in [-0.4, -0.2) is 43.2 Å². The summed E-state index contributed by atoms with van der Waals surface area (Å²) in [7, 11) is 2.14. The predicted molar refractivity (Wildman–Crippen MR) is 100 cm³/mol. The van der Waals surface area contributed by atoms with Crippen LogP contribution >= 0.6 is 0 Å². The minimum atomic E-state index is -0.691. The first-order valence-electron chi connectivity index (χ1n) is 8.86. The van der Waals surface area contributed by atoms with E-state index in [1.165, 1.54) is 5.69 Å². The highest BCUT2D eigenvalue weighted by molar-refractivity contribution is 5.44. The molecular weight excluding hydrogens is 296 g/mol. The fourth-order valence-electron chi connectivity index (χ4n) is 3.67. The normalized spacial score (nSPS) is 24.7. The van der Waals surface area contributed by atoms with E-state index in [2.05, 4.69) is 60.2 Å². The van der Waals surface area contributed by atoms with Crippen molar-refractivity contribution < 1.29 is 5.11 Å². The topological polar surface area (TPSA) is 26.7 Å². The third kappa shape index (κ3) is 3.63. The van der Waals surface area contributed by atoms with Gasteiger partial charge in [-0.2, -0.15) is 0 Å². The average Bonchev–Trinajstić information content (AvgIpc) is 2.64. The highest BCUT2D eigenvalue weighted by Gasteiger charge is 2.39. The number of hydrogen-bond acceptors (Lipinski definition) is 3. The highest BCUT2D eigenvalue weighted by atomic mass is 16.3. The molecular formula is C21H28N2O. The van der Waals surface area contributed by atoms with Gasteiger partial charge in [-0.3, -0.25) is 0 Å². The number of hydrogen-bond donors (Lipinski definition) is 1. The molecule has 3 rings (SSSR count). The average molecular weight is 324 g/mol. The molecule has 3 heteroatoms. The third-order valence-corrected chi connectivity index (χ3v) is 5.38. The Morgan fingerprint density at radius 2 is 1.71 bits per heavy atom. The van der Waals surface area contributed by atoms with Crippen LogP contribution in [0, 0.1) is 5.92 Å². The lowest BCUT2D eigenvalue weighted by Gasteiger charge is -2.44. The first-order valence-corrected chi connectivity index (χ1v) is 8.86.